The maximum absolute atomic E-state index is 4.11. The molecule has 0 aromatic carbocycles. The maximum atomic E-state index is 4.11. The van der Waals surface area contributed by atoms with Gasteiger partial charge < -0.3 is 10.6 Å². The molecular formula is C10H16N2. The number of hydrogen-bond acceptors (Lipinski definition) is 2. The van der Waals surface area contributed by atoms with E-state index in [1.165, 1.54) is 24.8 Å². The summed E-state index contributed by atoms with van der Waals surface area (Å²) in [5.41, 5.74) is 1.40. The second-order valence-corrected chi connectivity index (χ2v) is 3.77. The molecule has 1 heterocycles. The van der Waals surface area contributed by atoms with E-state index < -0.39 is 0 Å². The van der Waals surface area contributed by atoms with E-state index in [9.17, 15) is 0 Å². The highest BCUT2D eigenvalue weighted by atomic mass is 15.1. The van der Waals surface area contributed by atoms with Gasteiger partial charge in [-0.2, -0.15) is 0 Å². The van der Waals surface area contributed by atoms with Crippen LogP contribution < -0.4 is 10.6 Å². The highest BCUT2D eigenvalue weighted by molar-refractivity contribution is 5.14. The lowest BCUT2D eigenvalue weighted by Crippen LogP contribution is -2.51. The van der Waals surface area contributed by atoms with Crippen LogP contribution in [-0.2, 0) is 0 Å². The van der Waals surface area contributed by atoms with Crippen LogP contribution in [0.15, 0.2) is 24.6 Å². The third-order valence-corrected chi connectivity index (χ3v) is 2.92. The van der Waals surface area contributed by atoms with Crippen LogP contribution in [0.4, 0.5) is 0 Å². The van der Waals surface area contributed by atoms with Gasteiger partial charge in [0.25, 0.3) is 0 Å². The van der Waals surface area contributed by atoms with Crippen LogP contribution in [0.3, 0.4) is 0 Å². The molecule has 0 bridgehead atoms. The van der Waals surface area contributed by atoms with E-state index in [0.29, 0.717) is 12.0 Å². The van der Waals surface area contributed by atoms with Crippen LogP contribution in [0.2, 0.25) is 0 Å². The van der Waals surface area contributed by atoms with Gasteiger partial charge in [0.15, 0.2) is 0 Å². The lowest BCUT2D eigenvalue weighted by molar-refractivity contribution is 0.299. The molecule has 0 amide bonds. The molecule has 2 heteroatoms. The average molecular weight is 164 g/mol. The standard InChI is InChI=1S/C10H16N2/c1-7-4-3-5-10-9(7)6-11-8(2)12-10/h9-12H,1-6H2. The summed E-state index contributed by atoms with van der Waals surface area (Å²) in [5.74, 6) is 1.61. The Balaban J connectivity index is 2.09. The molecule has 1 saturated heterocycles. The van der Waals surface area contributed by atoms with E-state index in [4.69, 9.17) is 0 Å². The van der Waals surface area contributed by atoms with Gasteiger partial charge in [0.2, 0.25) is 0 Å². The Bertz CT molecular complexity index is 220. The summed E-state index contributed by atoms with van der Waals surface area (Å²) < 4.78 is 0. The van der Waals surface area contributed by atoms with Crippen molar-refractivity contribution in [3.8, 4) is 0 Å². The molecule has 0 spiro atoms. The molecule has 2 N–H and O–H groups in total. The molecule has 2 rings (SSSR count). The number of nitrogens with one attached hydrogen (secondary N) is 2. The summed E-state index contributed by atoms with van der Waals surface area (Å²) in [5, 5.41) is 6.63. The zero-order valence-corrected chi connectivity index (χ0v) is 7.40. The molecule has 1 aliphatic carbocycles. The van der Waals surface area contributed by atoms with Crippen molar-refractivity contribution in [2.75, 3.05) is 6.54 Å². The van der Waals surface area contributed by atoms with Crippen molar-refractivity contribution in [1.29, 1.82) is 0 Å². The number of fused-ring (bicyclic) bond motifs is 1. The first-order valence-electron chi connectivity index (χ1n) is 4.64. The molecule has 2 fully saturated rings. The molecule has 0 aromatic rings. The minimum absolute atomic E-state index is 0.597. The average Bonchev–Trinajstić information content (AvgIpc) is 2.04. The van der Waals surface area contributed by atoms with Gasteiger partial charge in [0, 0.05) is 18.5 Å². The summed E-state index contributed by atoms with van der Waals surface area (Å²) >= 11 is 0. The van der Waals surface area contributed by atoms with E-state index in [-0.39, 0.29) is 0 Å². The summed E-state index contributed by atoms with van der Waals surface area (Å²) in [7, 11) is 0. The first kappa shape index (κ1) is 7.71. The summed E-state index contributed by atoms with van der Waals surface area (Å²) in [4.78, 5) is 0. The van der Waals surface area contributed by atoms with E-state index >= 15 is 0 Å². The van der Waals surface area contributed by atoms with Gasteiger partial charge in [0.05, 0.1) is 5.82 Å². The molecule has 2 unspecified atom stereocenters. The van der Waals surface area contributed by atoms with Crippen molar-refractivity contribution in [3.05, 3.63) is 24.6 Å². The van der Waals surface area contributed by atoms with Crippen LogP contribution in [0.5, 0.6) is 0 Å². The quantitative estimate of drug-likeness (QED) is 0.528. The predicted octanol–water partition coefficient (Wildman–Crippen LogP) is 1.38. The second kappa shape index (κ2) is 2.85. The minimum Gasteiger partial charge on any atom is -0.372 e. The zero-order chi connectivity index (χ0) is 8.55. The molecule has 2 aliphatic rings. The molecule has 0 radical (unpaired) electrons. The van der Waals surface area contributed by atoms with Crippen LogP contribution >= 0.6 is 0 Å². The number of rotatable bonds is 0. The lowest BCUT2D eigenvalue weighted by atomic mass is 9.80. The fourth-order valence-corrected chi connectivity index (χ4v) is 2.19. The largest absolute Gasteiger partial charge is 0.372 e. The van der Waals surface area contributed by atoms with Gasteiger partial charge >= 0.3 is 0 Å². The molecule has 1 saturated carbocycles. The molecule has 66 valence electrons. The Morgan fingerprint density at radius 2 is 2.17 bits per heavy atom. The first-order valence-corrected chi connectivity index (χ1v) is 4.64. The molecular weight excluding hydrogens is 148 g/mol. The summed E-state index contributed by atoms with van der Waals surface area (Å²) in [6, 6.07) is 0.597. The Hall–Kier alpha value is -0.920. The SMILES string of the molecule is C=C1NCC2C(=C)CCCC2N1. The van der Waals surface area contributed by atoms with E-state index in [0.717, 1.165) is 12.4 Å². The van der Waals surface area contributed by atoms with Crippen molar-refractivity contribution < 1.29 is 0 Å². The van der Waals surface area contributed by atoms with Crippen molar-refractivity contribution in [1.82, 2.24) is 10.6 Å². The smallest absolute Gasteiger partial charge is 0.0914 e. The Morgan fingerprint density at radius 3 is 3.00 bits per heavy atom. The highest BCUT2D eigenvalue weighted by Gasteiger charge is 2.30. The fourth-order valence-electron chi connectivity index (χ4n) is 2.19. The van der Waals surface area contributed by atoms with Crippen molar-refractivity contribution in [2.45, 2.75) is 25.3 Å². The Labute approximate surface area is 73.7 Å². The third kappa shape index (κ3) is 1.22. The first-order chi connectivity index (χ1) is 5.77. The van der Waals surface area contributed by atoms with Gasteiger partial charge in [-0.15, -0.1) is 0 Å². The van der Waals surface area contributed by atoms with Crippen molar-refractivity contribution >= 4 is 0 Å². The van der Waals surface area contributed by atoms with Crippen LogP contribution in [0.1, 0.15) is 19.3 Å². The maximum Gasteiger partial charge on any atom is 0.0914 e. The molecule has 2 nitrogen and oxygen atoms in total. The van der Waals surface area contributed by atoms with Crippen LogP contribution in [-0.4, -0.2) is 12.6 Å². The molecule has 1 aliphatic heterocycles. The van der Waals surface area contributed by atoms with Crippen molar-refractivity contribution in [2.24, 2.45) is 5.92 Å². The Kier molecular flexibility index (Phi) is 1.83. The van der Waals surface area contributed by atoms with Gasteiger partial charge in [-0.05, 0) is 19.3 Å². The van der Waals surface area contributed by atoms with Crippen LogP contribution in [0, 0.1) is 5.92 Å². The normalized spacial score (nSPS) is 35.0. The predicted molar refractivity (Wildman–Crippen MR) is 50.5 cm³/mol. The van der Waals surface area contributed by atoms with E-state index in [2.05, 4.69) is 23.8 Å². The van der Waals surface area contributed by atoms with E-state index in [1.807, 2.05) is 0 Å². The monoisotopic (exact) mass is 164 g/mol. The Morgan fingerprint density at radius 1 is 1.33 bits per heavy atom. The lowest BCUT2D eigenvalue weighted by Gasteiger charge is -2.39. The zero-order valence-electron chi connectivity index (χ0n) is 7.40. The van der Waals surface area contributed by atoms with Gasteiger partial charge in [-0.3, -0.25) is 0 Å². The fraction of sp³-hybridized carbons (Fsp3) is 0.600. The van der Waals surface area contributed by atoms with E-state index in [1.54, 1.807) is 0 Å². The summed E-state index contributed by atoms with van der Waals surface area (Å²) in [6.07, 6.45) is 3.75. The van der Waals surface area contributed by atoms with Gasteiger partial charge in [-0.1, -0.05) is 18.7 Å². The van der Waals surface area contributed by atoms with Gasteiger partial charge in [-0.25, -0.2) is 0 Å². The summed E-state index contributed by atoms with van der Waals surface area (Å²) in [6.45, 7) is 9.02. The number of hydrogen-bond donors (Lipinski definition) is 2. The second-order valence-electron chi connectivity index (χ2n) is 3.77. The van der Waals surface area contributed by atoms with Crippen LogP contribution in [0.25, 0.3) is 0 Å². The molecule has 0 aromatic heterocycles. The van der Waals surface area contributed by atoms with Gasteiger partial charge in [0.1, 0.15) is 0 Å². The third-order valence-electron chi connectivity index (χ3n) is 2.92. The highest BCUT2D eigenvalue weighted by Crippen LogP contribution is 2.30. The van der Waals surface area contributed by atoms with Crippen molar-refractivity contribution in [3.63, 3.8) is 0 Å². The topological polar surface area (TPSA) is 24.1 Å². The minimum atomic E-state index is 0.597. The molecule has 12 heavy (non-hydrogen) atoms. The molecule has 2 atom stereocenters.